The van der Waals surface area contributed by atoms with E-state index < -0.39 is 29.8 Å². The standard InChI is InChI=1S/C26H22N4O6/c31-21-14-28-23(25(33)30-21)20-13-27-24(26(34)36-16-18-9-5-2-6-10-18)19(29-20)11-12-22(32)35-15-17-7-3-1-4-8-17/h1-13,23,28H,14-16H2,(H,30,31,33)/b12-11-. The van der Waals surface area contributed by atoms with Crippen molar-refractivity contribution in [2.75, 3.05) is 6.54 Å². The number of carbonyl (C=O) groups is 4. The minimum Gasteiger partial charge on any atom is -0.458 e. The van der Waals surface area contributed by atoms with E-state index in [0.29, 0.717) is 0 Å². The first-order valence-corrected chi connectivity index (χ1v) is 11.0. The predicted molar refractivity (Wildman–Crippen MR) is 127 cm³/mol. The van der Waals surface area contributed by atoms with Gasteiger partial charge < -0.3 is 9.47 Å². The monoisotopic (exact) mass is 486 g/mol. The summed E-state index contributed by atoms with van der Waals surface area (Å²) in [5, 5.41) is 4.98. The molecule has 2 heterocycles. The van der Waals surface area contributed by atoms with Crippen LogP contribution in [0.4, 0.5) is 0 Å². The number of imide groups is 1. The molecule has 2 aromatic carbocycles. The fraction of sp³-hybridized carbons (Fsp3) is 0.154. The third-order valence-corrected chi connectivity index (χ3v) is 5.11. The number of nitrogens with zero attached hydrogens (tertiary/aromatic N) is 2. The minimum atomic E-state index is -0.957. The summed E-state index contributed by atoms with van der Waals surface area (Å²) in [7, 11) is 0. The second-order valence-electron chi connectivity index (χ2n) is 7.74. The van der Waals surface area contributed by atoms with Crippen molar-refractivity contribution < 1.29 is 28.7 Å². The zero-order valence-electron chi connectivity index (χ0n) is 19.0. The van der Waals surface area contributed by atoms with Gasteiger partial charge >= 0.3 is 11.9 Å². The lowest BCUT2D eigenvalue weighted by molar-refractivity contribution is -0.139. The SMILES string of the molecule is O=C1CNC(c2cnc(C(=O)OCc3ccccc3)c(/C=C\C(=O)OCc3ccccc3)n2)C(=O)N1. The Kier molecular flexibility index (Phi) is 7.89. The van der Waals surface area contributed by atoms with Gasteiger partial charge in [0.2, 0.25) is 11.8 Å². The molecule has 0 aliphatic carbocycles. The Morgan fingerprint density at radius 2 is 1.58 bits per heavy atom. The third-order valence-electron chi connectivity index (χ3n) is 5.11. The van der Waals surface area contributed by atoms with E-state index in [1.807, 2.05) is 48.5 Å². The Labute approximate surface area is 206 Å². The number of esters is 2. The fourth-order valence-corrected chi connectivity index (χ4v) is 3.33. The zero-order chi connectivity index (χ0) is 25.3. The van der Waals surface area contributed by atoms with Crippen LogP contribution in [0, 0.1) is 0 Å². The number of rotatable bonds is 8. The molecule has 0 radical (unpaired) electrons. The molecule has 1 unspecified atom stereocenters. The van der Waals surface area contributed by atoms with Crippen LogP contribution in [0.2, 0.25) is 0 Å². The molecule has 3 aromatic rings. The highest BCUT2D eigenvalue weighted by Gasteiger charge is 2.30. The van der Waals surface area contributed by atoms with Crippen LogP contribution in [-0.2, 0) is 37.1 Å². The van der Waals surface area contributed by atoms with Gasteiger partial charge in [-0.15, -0.1) is 0 Å². The highest BCUT2D eigenvalue weighted by atomic mass is 16.5. The Bertz CT molecular complexity index is 1290. The van der Waals surface area contributed by atoms with Gasteiger partial charge in [-0.05, 0) is 17.2 Å². The van der Waals surface area contributed by atoms with E-state index in [1.54, 1.807) is 12.1 Å². The molecule has 2 amide bonds. The molecule has 1 saturated heterocycles. The second-order valence-corrected chi connectivity index (χ2v) is 7.74. The van der Waals surface area contributed by atoms with Crippen molar-refractivity contribution >= 4 is 29.8 Å². The van der Waals surface area contributed by atoms with Crippen LogP contribution in [0.1, 0.15) is 39.0 Å². The maximum Gasteiger partial charge on any atom is 0.359 e. The number of ether oxygens (including phenoxy) is 2. The van der Waals surface area contributed by atoms with Crippen molar-refractivity contribution in [1.82, 2.24) is 20.6 Å². The number of piperazine rings is 1. The molecule has 1 aliphatic rings. The van der Waals surface area contributed by atoms with Crippen molar-refractivity contribution in [1.29, 1.82) is 0 Å². The molecule has 4 rings (SSSR count). The van der Waals surface area contributed by atoms with E-state index in [-0.39, 0.29) is 36.8 Å². The first kappa shape index (κ1) is 24.4. The van der Waals surface area contributed by atoms with Crippen LogP contribution >= 0.6 is 0 Å². The highest BCUT2D eigenvalue weighted by Crippen LogP contribution is 2.17. The predicted octanol–water partition coefficient (Wildman–Crippen LogP) is 1.88. The Balaban J connectivity index is 1.53. The molecule has 0 bridgehead atoms. The smallest absolute Gasteiger partial charge is 0.359 e. The number of benzene rings is 2. The lowest BCUT2D eigenvalue weighted by atomic mass is 10.1. The lowest BCUT2D eigenvalue weighted by Gasteiger charge is -2.22. The van der Waals surface area contributed by atoms with Gasteiger partial charge in [-0.3, -0.25) is 20.2 Å². The summed E-state index contributed by atoms with van der Waals surface area (Å²) < 4.78 is 10.6. The third kappa shape index (κ3) is 6.45. The zero-order valence-corrected chi connectivity index (χ0v) is 19.0. The Morgan fingerprint density at radius 3 is 2.22 bits per heavy atom. The molecule has 182 valence electrons. The van der Waals surface area contributed by atoms with E-state index in [9.17, 15) is 19.2 Å². The molecule has 36 heavy (non-hydrogen) atoms. The van der Waals surface area contributed by atoms with E-state index >= 15 is 0 Å². The molecule has 1 aromatic heterocycles. The van der Waals surface area contributed by atoms with E-state index in [2.05, 4.69) is 20.6 Å². The molecular formula is C26H22N4O6. The fourth-order valence-electron chi connectivity index (χ4n) is 3.33. The average Bonchev–Trinajstić information content (AvgIpc) is 2.90. The Hall–Kier alpha value is -4.70. The van der Waals surface area contributed by atoms with Gasteiger partial charge in [0.05, 0.1) is 24.1 Å². The first-order valence-electron chi connectivity index (χ1n) is 11.0. The first-order chi connectivity index (χ1) is 17.5. The van der Waals surface area contributed by atoms with Crippen molar-refractivity contribution in [3.8, 4) is 0 Å². The minimum absolute atomic E-state index is 0.00808. The van der Waals surface area contributed by atoms with Gasteiger partial charge in [-0.2, -0.15) is 0 Å². The molecule has 0 saturated carbocycles. The van der Waals surface area contributed by atoms with E-state index in [0.717, 1.165) is 17.2 Å². The number of hydrogen-bond acceptors (Lipinski definition) is 9. The number of hydrogen-bond donors (Lipinski definition) is 2. The van der Waals surface area contributed by atoms with Crippen molar-refractivity contribution in [2.45, 2.75) is 19.3 Å². The summed E-state index contributed by atoms with van der Waals surface area (Å²) in [6.07, 6.45) is 3.63. The molecule has 10 nitrogen and oxygen atoms in total. The van der Waals surface area contributed by atoms with Gasteiger partial charge in [0.25, 0.3) is 0 Å². The topological polar surface area (TPSA) is 137 Å². The van der Waals surface area contributed by atoms with Crippen LogP contribution in [0.3, 0.4) is 0 Å². The van der Waals surface area contributed by atoms with E-state index in [1.165, 1.54) is 12.3 Å². The van der Waals surface area contributed by atoms with Crippen LogP contribution in [0.5, 0.6) is 0 Å². The summed E-state index contributed by atoms with van der Waals surface area (Å²) in [6.45, 7) is -0.00207. The number of aromatic nitrogens is 2. The van der Waals surface area contributed by atoms with Gasteiger partial charge in [-0.1, -0.05) is 60.7 Å². The lowest BCUT2D eigenvalue weighted by Crippen LogP contribution is -2.51. The molecule has 2 N–H and O–H groups in total. The van der Waals surface area contributed by atoms with Gasteiger partial charge in [0, 0.05) is 6.08 Å². The van der Waals surface area contributed by atoms with Crippen LogP contribution < -0.4 is 10.6 Å². The molecule has 10 heteroatoms. The Morgan fingerprint density at radius 1 is 0.944 bits per heavy atom. The van der Waals surface area contributed by atoms with Gasteiger partial charge in [0.15, 0.2) is 5.69 Å². The maximum absolute atomic E-state index is 12.8. The molecular weight excluding hydrogens is 464 g/mol. The molecule has 1 aliphatic heterocycles. The number of carbonyl (C=O) groups excluding carboxylic acids is 4. The van der Waals surface area contributed by atoms with Crippen LogP contribution in [0.25, 0.3) is 6.08 Å². The number of amides is 2. The normalized spacial score (nSPS) is 15.4. The summed E-state index contributed by atoms with van der Waals surface area (Å²) in [5.41, 5.74) is 1.62. The maximum atomic E-state index is 12.8. The van der Waals surface area contributed by atoms with Crippen LogP contribution in [0.15, 0.2) is 72.9 Å². The summed E-state index contributed by atoms with van der Waals surface area (Å²) in [5.74, 6) is -2.48. The summed E-state index contributed by atoms with van der Waals surface area (Å²) >= 11 is 0. The second kappa shape index (κ2) is 11.6. The van der Waals surface area contributed by atoms with Crippen LogP contribution in [-0.4, -0.2) is 40.3 Å². The quantitative estimate of drug-likeness (QED) is 0.278. The van der Waals surface area contributed by atoms with E-state index in [4.69, 9.17) is 9.47 Å². The average molecular weight is 486 g/mol. The van der Waals surface area contributed by atoms with Crippen molar-refractivity contribution in [3.63, 3.8) is 0 Å². The summed E-state index contributed by atoms with van der Waals surface area (Å²) in [4.78, 5) is 57.2. The number of nitrogens with one attached hydrogen (secondary N) is 2. The van der Waals surface area contributed by atoms with Gasteiger partial charge in [0.1, 0.15) is 19.3 Å². The van der Waals surface area contributed by atoms with Crippen molar-refractivity contribution in [3.05, 3.63) is 101 Å². The van der Waals surface area contributed by atoms with Crippen molar-refractivity contribution in [2.24, 2.45) is 0 Å². The largest absolute Gasteiger partial charge is 0.458 e. The summed E-state index contributed by atoms with van der Waals surface area (Å²) in [6, 6.07) is 17.3. The van der Waals surface area contributed by atoms with Gasteiger partial charge in [-0.25, -0.2) is 19.6 Å². The molecule has 0 spiro atoms. The molecule has 1 atom stereocenters. The molecule has 1 fully saturated rings. The highest BCUT2D eigenvalue weighted by molar-refractivity contribution is 6.01.